The summed E-state index contributed by atoms with van der Waals surface area (Å²) in [6.45, 7) is 1.68. The molecule has 0 unspecified atom stereocenters. The summed E-state index contributed by atoms with van der Waals surface area (Å²) in [6, 6.07) is 5.86. The van der Waals surface area contributed by atoms with Crippen molar-refractivity contribution in [3.05, 3.63) is 35.4 Å². The molecule has 0 saturated heterocycles. The van der Waals surface area contributed by atoms with Gasteiger partial charge in [-0.1, -0.05) is 0 Å². The molecular formula is C17H15BF3NO7S. The molecule has 8 nitrogen and oxygen atoms in total. The Morgan fingerprint density at radius 3 is 2.20 bits per heavy atom. The van der Waals surface area contributed by atoms with Crippen LogP contribution >= 0.6 is 0 Å². The zero-order valence-corrected chi connectivity index (χ0v) is 16.7. The van der Waals surface area contributed by atoms with E-state index < -0.39 is 32.7 Å². The molecule has 0 fully saturated rings. The van der Waals surface area contributed by atoms with E-state index in [-0.39, 0.29) is 17.6 Å². The van der Waals surface area contributed by atoms with Crippen LogP contribution in [-0.2, 0) is 10.1 Å². The van der Waals surface area contributed by atoms with Crippen LogP contribution in [0.15, 0.2) is 24.3 Å². The fourth-order valence-corrected chi connectivity index (χ4v) is 3.08. The molecule has 0 aliphatic rings. The molecule has 1 N–H and O–H groups in total. The third-order valence-electron chi connectivity index (χ3n) is 3.92. The molecule has 0 atom stereocenters. The van der Waals surface area contributed by atoms with E-state index in [0.29, 0.717) is 16.9 Å². The minimum atomic E-state index is -6.07. The second-order valence-corrected chi connectivity index (χ2v) is 7.26. The maximum absolute atomic E-state index is 12.8. The van der Waals surface area contributed by atoms with E-state index in [9.17, 15) is 26.4 Å². The summed E-state index contributed by atoms with van der Waals surface area (Å²) in [5.41, 5.74) is -5.03. The van der Waals surface area contributed by atoms with Crippen LogP contribution in [0.25, 0.3) is 11.1 Å². The number of carbonyl (C=O) groups is 1. The Balaban J connectivity index is 2.76. The maximum atomic E-state index is 12.8. The average molecular weight is 445 g/mol. The number of ether oxygens (including phenoxy) is 2. The Kier molecular flexibility index (Phi) is 6.75. The summed E-state index contributed by atoms with van der Waals surface area (Å²) in [7, 11) is -3.11. The van der Waals surface area contributed by atoms with Crippen molar-refractivity contribution in [3.63, 3.8) is 0 Å². The molecule has 0 heterocycles. The molecule has 160 valence electrons. The minimum absolute atomic E-state index is 0.103. The third kappa shape index (κ3) is 4.40. The first-order valence-corrected chi connectivity index (χ1v) is 9.43. The van der Waals surface area contributed by atoms with Gasteiger partial charge < -0.3 is 0 Å². The third-order valence-corrected chi connectivity index (χ3v) is 4.88. The predicted molar refractivity (Wildman–Crippen MR) is 99.8 cm³/mol. The van der Waals surface area contributed by atoms with Crippen LogP contribution in [0.2, 0.25) is 0 Å². The van der Waals surface area contributed by atoms with E-state index in [4.69, 9.17) is 19.4 Å². The van der Waals surface area contributed by atoms with Crippen LogP contribution in [-0.4, -0.2) is 41.7 Å². The number of methoxy groups -OCH3 is 2. The van der Waals surface area contributed by atoms with Crippen molar-refractivity contribution in [1.29, 1.82) is 5.31 Å². The number of alkyl halides is 3. The van der Waals surface area contributed by atoms with E-state index in [1.807, 2.05) is 0 Å². The topological polar surface area (TPSA) is 112 Å². The van der Waals surface area contributed by atoms with E-state index in [0.717, 1.165) is 21.5 Å². The van der Waals surface area contributed by atoms with Gasteiger partial charge in [0.1, 0.15) is 0 Å². The number of hydrogen-bond donors (Lipinski definition) is 1. The Morgan fingerprint density at radius 1 is 1.07 bits per heavy atom. The normalized spacial score (nSPS) is 11.4. The van der Waals surface area contributed by atoms with Gasteiger partial charge in [-0.3, -0.25) is 0 Å². The second kappa shape index (κ2) is 8.73. The Morgan fingerprint density at radius 2 is 1.73 bits per heavy atom. The van der Waals surface area contributed by atoms with Crippen LogP contribution < -0.4 is 18.3 Å². The van der Waals surface area contributed by atoms with Crippen molar-refractivity contribution >= 4 is 23.7 Å². The first-order chi connectivity index (χ1) is 14.0. The molecule has 0 aliphatic carbocycles. The second-order valence-electron chi connectivity index (χ2n) is 5.72. The number of aryl methyl sites for hydroxylation is 1. The molecule has 2 aromatic carbocycles. The van der Waals surface area contributed by atoms with Gasteiger partial charge in [0.15, 0.2) is 0 Å². The number of benzene rings is 2. The van der Waals surface area contributed by atoms with E-state index in [1.165, 1.54) is 12.1 Å². The number of halogens is 3. The zero-order chi connectivity index (χ0) is 22.7. The first kappa shape index (κ1) is 23.2. The quantitative estimate of drug-likeness (QED) is 0.287. The van der Waals surface area contributed by atoms with Gasteiger partial charge in [-0.2, -0.15) is 13.2 Å². The molecule has 0 radical (unpaired) electrons. The molecule has 30 heavy (non-hydrogen) atoms. The van der Waals surface area contributed by atoms with Crippen molar-refractivity contribution in [2.24, 2.45) is 0 Å². The van der Waals surface area contributed by atoms with Gasteiger partial charge in [0, 0.05) is 0 Å². The molecule has 0 spiro atoms. The van der Waals surface area contributed by atoms with Crippen LogP contribution in [0.3, 0.4) is 0 Å². The number of aldehydes is 1. The summed E-state index contributed by atoms with van der Waals surface area (Å²) in [4.78, 5) is 11.7. The number of carbonyl (C=O) groups excluding carboxylic acids is 1. The summed E-state index contributed by atoms with van der Waals surface area (Å²) in [6.07, 6.45) is 0.103. The first-order valence-electron chi connectivity index (χ1n) is 8.02. The van der Waals surface area contributed by atoms with Gasteiger partial charge in [-0.05, 0) is 0 Å². The molecule has 0 amide bonds. The molecule has 0 saturated carbocycles. The van der Waals surface area contributed by atoms with Crippen molar-refractivity contribution in [1.82, 2.24) is 0 Å². The van der Waals surface area contributed by atoms with Crippen molar-refractivity contribution in [2.45, 2.75) is 12.4 Å². The summed E-state index contributed by atoms with van der Waals surface area (Å²) < 4.78 is 80.6. The summed E-state index contributed by atoms with van der Waals surface area (Å²) in [5.74, 6) is -1.23. The zero-order valence-electron chi connectivity index (χ0n) is 15.9. The van der Waals surface area contributed by atoms with E-state index in [2.05, 4.69) is 4.18 Å². The molecule has 13 heteroatoms. The monoisotopic (exact) mass is 445 g/mol. The van der Waals surface area contributed by atoms with Crippen molar-refractivity contribution in [2.75, 3.05) is 14.2 Å². The fraction of sp³-hybridized carbons (Fsp3) is 0.235. The van der Waals surface area contributed by atoms with Gasteiger partial charge in [0.2, 0.25) is 0 Å². The van der Waals surface area contributed by atoms with E-state index in [1.54, 1.807) is 19.1 Å². The van der Waals surface area contributed by atoms with Crippen LogP contribution in [0.1, 0.15) is 15.9 Å². The Bertz CT molecular complexity index is 1090. The minimum Gasteiger partial charge on any atom is -0.154 e. The van der Waals surface area contributed by atoms with Crippen LogP contribution in [0.4, 0.5) is 13.2 Å². The standard InChI is InChI=1S/C17H15BF3NO7S/c1-9-6-10(4-5-13(9)28-18-22)11-7-14(26-2)16(12(8-23)15(11)27-3)29-30(24,25)17(19,20)21/h4-8,22H,1-3H3. The van der Waals surface area contributed by atoms with Crippen molar-refractivity contribution in [3.8, 4) is 34.1 Å². The summed E-state index contributed by atoms with van der Waals surface area (Å²) in [5, 5.41) is 7.00. The average Bonchev–Trinajstić information content (AvgIpc) is 2.67. The Labute approximate surface area is 170 Å². The van der Waals surface area contributed by atoms with Gasteiger partial charge in [-0.15, -0.1) is 0 Å². The molecule has 0 bridgehead atoms. The summed E-state index contributed by atoms with van der Waals surface area (Å²) >= 11 is 0. The van der Waals surface area contributed by atoms with Gasteiger partial charge in [-0.25, -0.2) is 0 Å². The number of hydrogen-bond acceptors (Lipinski definition) is 8. The van der Waals surface area contributed by atoms with Gasteiger partial charge >= 0.3 is 157 Å². The fourth-order valence-electron chi connectivity index (χ4n) is 2.59. The van der Waals surface area contributed by atoms with Crippen molar-refractivity contribution < 1.29 is 44.7 Å². The predicted octanol–water partition coefficient (Wildman–Crippen LogP) is 3.48. The molecule has 0 aliphatic heterocycles. The molecular weight excluding hydrogens is 430 g/mol. The number of rotatable bonds is 8. The molecule has 2 aromatic rings. The van der Waals surface area contributed by atoms with Crippen LogP contribution in [0.5, 0.6) is 23.0 Å². The smallest absolute Gasteiger partial charge is 0.154 e. The SMILES string of the molecule is COc1cc(-c2ccc(OB=N)c(C)c2)c(OC)c(C=O)c1OS(=O)(=O)C(F)(F)F. The molecule has 0 aromatic heterocycles. The van der Waals surface area contributed by atoms with Gasteiger partial charge in [0.25, 0.3) is 0 Å². The van der Waals surface area contributed by atoms with Gasteiger partial charge in [0.05, 0.1) is 0 Å². The van der Waals surface area contributed by atoms with E-state index >= 15 is 0 Å². The molecule has 2 rings (SSSR count). The number of nitrogens with one attached hydrogen (secondary N) is 1. The Hall–Kier alpha value is -3.09. The van der Waals surface area contributed by atoms with Crippen LogP contribution in [0, 0.1) is 12.2 Å².